The highest BCUT2D eigenvalue weighted by Gasteiger charge is 2.26. The second-order valence-electron chi connectivity index (χ2n) is 6.53. The van der Waals surface area contributed by atoms with Gasteiger partial charge in [0.1, 0.15) is 22.5 Å². The Morgan fingerprint density at radius 3 is 2.40 bits per heavy atom. The van der Waals surface area contributed by atoms with Crippen molar-refractivity contribution in [2.24, 2.45) is 0 Å². The van der Waals surface area contributed by atoms with Crippen molar-refractivity contribution in [1.29, 1.82) is 0 Å². The molecule has 0 spiro atoms. The fourth-order valence-corrected chi connectivity index (χ4v) is 7.29. The first-order chi connectivity index (χ1) is 14.6. The first-order valence-corrected chi connectivity index (χ1v) is 12.3. The lowest BCUT2D eigenvalue weighted by Gasteiger charge is -2.09. The second kappa shape index (κ2) is 6.60. The summed E-state index contributed by atoms with van der Waals surface area (Å²) in [6, 6.07) is 7.17. The molecular weight excluding hydrogens is 483 g/mol. The van der Waals surface area contributed by atoms with Crippen LogP contribution in [0.5, 0.6) is 11.5 Å². The molecule has 4 aromatic heterocycles. The van der Waals surface area contributed by atoms with Gasteiger partial charge in [-0.1, -0.05) is 17.7 Å². The van der Waals surface area contributed by atoms with Gasteiger partial charge in [0.05, 0.1) is 31.7 Å². The van der Waals surface area contributed by atoms with Gasteiger partial charge >= 0.3 is 0 Å². The molecule has 0 saturated heterocycles. The zero-order valence-corrected chi connectivity index (χ0v) is 18.7. The minimum absolute atomic E-state index is 0.0143. The molecule has 4 nitrogen and oxygen atoms in total. The number of aromatic hydroxyl groups is 2. The maximum atomic E-state index is 15.6. The Morgan fingerprint density at radius 2 is 1.63 bits per heavy atom. The highest BCUT2D eigenvalue weighted by Crippen LogP contribution is 2.51. The molecule has 2 N–H and O–H groups in total. The number of hydrogen-bond donors (Lipinski definition) is 2. The number of rotatable bonds is 2. The summed E-state index contributed by atoms with van der Waals surface area (Å²) < 4.78 is 25.4. The van der Waals surface area contributed by atoms with Crippen LogP contribution in [0.3, 0.4) is 0 Å². The van der Waals surface area contributed by atoms with Crippen LogP contribution in [-0.2, 0) is 0 Å². The normalized spacial score (nSPS) is 11.9. The molecule has 0 amide bonds. The van der Waals surface area contributed by atoms with Gasteiger partial charge in [0.15, 0.2) is 5.82 Å². The van der Waals surface area contributed by atoms with Crippen LogP contribution in [0.4, 0.5) is 4.39 Å². The summed E-state index contributed by atoms with van der Waals surface area (Å²) in [6.07, 6.45) is 0. The highest BCUT2D eigenvalue weighted by molar-refractivity contribution is 7.23. The molecule has 0 atom stereocenters. The Morgan fingerprint density at radius 1 is 0.867 bits per heavy atom. The minimum Gasteiger partial charge on any atom is -0.506 e. The van der Waals surface area contributed by atoms with Crippen LogP contribution in [-0.4, -0.2) is 19.0 Å². The van der Waals surface area contributed by atoms with Crippen molar-refractivity contribution in [2.75, 3.05) is 0 Å². The number of thiophene rings is 3. The van der Waals surface area contributed by atoms with Crippen molar-refractivity contribution in [3.63, 3.8) is 0 Å². The number of halogens is 2. The molecule has 4 heterocycles. The molecule has 6 rings (SSSR count). The van der Waals surface area contributed by atoms with Crippen molar-refractivity contribution in [1.82, 2.24) is 8.75 Å². The average molecular weight is 491 g/mol. The van der Waals surface area contributed by atoms with E-state index < -0.39 is 5.82 Å². The smallest absolute Gasteiger partial charge is 0.153 e. The van der Waals surface area contributed by atoms with Crippen LogP contribution in [0.1, 0.15) is 0 Å². The first kappa shape index (κ1) is 18.5. The topological polar surface area (TPSA) is 66.2 Å². The molecule has 0 aliphatic rings. The van der Waals surface area contributed by atoms with Gasteiger partial charge in [0.25, 0.3) is 0 Å². The summed E-state index contributed by atoms with van der Waals surface area (Å²) >= 11 is 11.5. The van der Waals surface area contributed by atoms with Crippen molar-refractivity contribution >= 4 is 88.5 Å². The molecule has 2 aromatic carbocycles. The van der Waals surface area contributed by atoms with E-state index in [9.17, 15) is 10.2 Å². The molecule has 0 unspecified atom stereocenters. The lowest BCUT2D eigenvalue weighted by Crippen LogP contribution is -1.91. The molecule has 0 saturated carbocycles. The summed E-state index contributed by atoms with van der Waals surface area (Å²) in [4.78, 5) is 1.33. The van der Waals surface area contributed by atoms with Crippen LogP contribution in [0.2, 0.25) is 5.02 Å². The van der Waals surface area contributed by atoms with E-state index in [2.05, 4.69) is 8.75 Å². The average Bonchev–Trinajstić information content (AvgIpc) is 3.53. The third kappa shape index (κ3) is 2.41. The van der Waals surface area contributed by atoms with E-state index in [4.69, 9.17) is 11.6 Å². The Bertz CT molecular complexity index is 1550. The van der Waals surface area contributed by atoms with Gasteiger partial charge in [-0.25, -0.2) is 4.39 Å². The van der Waals surface area contributed by atoms with Crippen LogP contribution < -0.4 is 0 Å². The molecule has 30 heavy (non-hydrogen) atoms. The number of hydrogen-bond acceptors (Lipinski definition) is 8. The molecule has 148 valence electrons. The van der Waals surface area contributed by atoms with E-state index in [-0.39, 0.29) is 22.1 Å². The number of fused-ring (bicyclic) bond motifs is 3. The van der Waals surface area contributed by atoms with E-state index in [0.29, 0.717) is 41.6 Å². The van der Waals surface area contributed by atoms with Gasteiger partial charge in [-0.05, 0) is 29.0 Å². The highest BCUT2D eigenvalue weighted by atomic mass is 35.5. The third-order valence-corrected chi connectivity index (χ3v) is 8.80. The van der Waals surface area contributed by atoms with E-state index in [1.165, 1.54) is 34.0 Å². The number of nitrogens with zero attached hydrogens (tertiary/aromatic N) is 2. The second-order valence-corrected chi connectivity index (χ2v) is 10.4. The fourth-order valence-electron chi connectivity index (χ4n) is 3.60. The van der Waals surface area contributed by atoms with E-state index in [1.54, 1.807) is 12.1 Å². The Kier molecular flexibility index (Phi) is 4.06. The van der Waals surface area contributed by atoms with Gasteiger partial charge in [-0.2, -0.15) is 8.75 Å². The molecule has 0 fully saturated rings. The Hall–Kier alpha value is -2.30. The Labute approximate surface area is 189 Å². The standard InChI is InChI=1S/C20H8ClFN2O2S4/c21-13-11(9-2-1-4-27-9)15-16(24-30-23-15)12(14(13)22)10-6-8-18(26)19-7(3-5-28-19)17(25)20(8)29-10/h1-6,25-26H. The fraction of sp³-hybridized carbons (Fsp3) is 0. The van der Waals surface area contributed by atoms with E-state index in [1.807, 2.05) is 22.9 Å². The van der Waals surface area contributed by atoms with Crippen LogP contribution in [0.25, 0.3) is 52.1 Å². The van der Waals surface area contributed by atoms with E-state index in [0.717, 1.165) is 16.6 Å². The number of phenols is 2. The van der Waals surface area contributed by atoms with Crippen molar-refractivity contribution in [3.8, 4) is 32.4 Å². The molecule has 10 heteroatoms. The monoisotopic (exact) mass is 490 g/mol. The lowest BCUT2D eigenvalue weighted by molar-refractivity contribution is 0.480. The van der Waals surface area contributed by atoms with Gasteiger partial charge in [-0.3, -0.25) is 0 Å². The van der Waals surface area contributed by atoms with Crippen molar-refractivity contribution < 1.29 is 14.6 Å². The molecular formula is C20H8ClFN2O2S4. The first-order valence-electron chi connectivity index (χ1n) is 8.58. The molecule has 0 radical (unpaired) electrons. The maximum absolute atomic E-state index is 15.6. The lowest BCUT2D eigenvalue weighted by atomic mass is 10.0. The van der Waals surface area contributed by atoms with Gasteiger partial charge in [-0.15, -0.1) is 34.0 Å². The predicted octanol–water partition coefficient (Wildman–Crippen LogP) is 7.72. The Balaban J connectivity index is 1.70. The predicted molar refractivity (Wildman–Crippen MR) is 125 cm³/mol. The van der Waals surface area contributed by atoms with Gasteiger partial charge in [0, 0.05) is 26.1 Å². The molecule has 0 aliphatic heterocycles. The summed E-state index contributed by atoms with van der Waals surface area (Å²) in [7, 11) is 0. The van der Waals surface area contributed by atoms with Gasteiger partial charge in [0.2, 0.25) is 0 Å². The summed E-state index contributed by atoms with van der Waals surface area (Å²) in [5.74, 6) is -0.443. The van der Waals surface area contributed by atoms with Crippen LogP contribution >= 0.6 is 57.3 Å². The quantitative estimate of drug-likeness (QED) is 0.244. The van der Waals surface area contributed by atoms with Gasteiger partial charge < -0.3 is 10.2 Å². The van der Waals surface area contributed by atoms with Crippen LogP contribution in [0, 0.1) is 5.82 Å². The zero-order chi connectivity index (χ0) is 20.6. The van der Waals surface area contributed by atoms with Crippen LogP contribution in [0.15, 0.2) is 35.0 Å². The third-order valence-electron chi connectivity index (χ3n) is 4.95. The SMILES string of the molecule is Oc1c2cc(-c3c(F)c(Cl)c(-c4cccs4)c4nsnc34)sc2c(O)c2ccsc12. The summed E-state index contributed by atoms with van der Waals surface area (Å²) in [6.45, 7) is 0. The summed E-state index contributed by atoms with van der Waals surface area (Å²) in [5, 5.41) is 26.2. The molecule has 0 aliphatic carbocycles. The summed E-state index contributed by atoms with van der Waals surface area (Å²) in [5.41, 5.74) is 1.71. The van der Waals surface area contributed by atoms with E-state index >= 15 is 4.39 Å². The zero-order valence-electron chi connectivity index (χ0n) is 14.6. The molecule has 0 bridgehead atoms. The molecule has 6 aromatic rings. The number of aromatic nitrogens is 2. The number of benzene rings is 2. The maximum Gasteiger partial charge on any atom is 0.153 e. The van der Waals surface area contributed by atoms with Crippen molar-refractivity contribution in [3.05, 3.63) is 45.9 Å². The van der Waals surface area contributed by atoms with Crippen molar-refractivity contribution in [2.45, 2.75) is 0 Å². The largest absolute Gasteiger partial charge is 0.506 e. The number of phenolic OH excluding ortho intramolecular Hbond substituents is 2. The minimum atomic E-state index is -0.590.